The van der Waals surface area contributed by atoms with Crippen LogP contribution in [0.15, 0.2) is 72.4 Å². The van der Waals surface area contributed by atoms with E-state index in [9.17, 15) is 0 Å². The summed E-state index contributed by atoms with van der Waals surface area (Å²) in [6.07, 6.45) is 2.53. The second-order valence-corrected chi connectivity index (χ2v) is 4.47. The monoisotopic (exact) mass is 263 g/mol. The van der Waals surface area contributed by atoms with Gasteiger partial charge in [-0.1, -0.05) is 72.3 Å². The molecule has 0 saturated heterocycles. The quantitative estimate of drug-likeness (QED) is 0.561. The van der Waals surface area contributed by atoms with E-state index in [1.165, 1.54) is 0 Å². The Hall–Kier alpha value is -2.37. The van der Waals surface area contributed by atoms with Crippen LogP contribution >= 0.6 is 0 Å². The first-order valence-electron chi connectivity index (χ1n) is 6.60. The van der Waals surface area contributed by atoms with Crippen LogP contribution in [0.5, 0.6) is 0 Å². The molecule has 0 amide bonds. The molecule has 0 saturated carbocycles. The molecule has 0 bridgehead atoms. The summed E-state index contributed by atoms with van der Waals surface area (Å²) in [7, 11) is 0. The summed E-state index contributed by atoms with van der Waals surface area (Å²) in [6.45, 7) is 8.26. The maximum Gasteiger partial charge on any atom is 0.168 e. The Labute approximate surface area is 120 Å². The number of hydrogen-bond acceptors (Lipinski definition) is 1. The van der Waals surface area contributed by atoms with Crippen molar-refractivity contribution < 1.29 is 4.74 Å². The van der Waals surface area contributed by atoms with Gasteiger partial charge in [0.05, 0.1) is 19.8 Å². The Kier molecular flexibility index (Phi) is 5.57. The molecule has 0 aliphatic rings. The van der Waals surface area contributed by atoms with Crippen molar-refractivity contribution in [3.63, 3.8) is 0 Å². The molecular weight excluding hydrogens is 246 g/mol. The van der Waals surface area contributed by atoms with Gasteiger partial charge in [-0.2, -0.15) is 0 Å². The highest BCUT2D eigenvalue weighted by Crippen LogP contribution is 2.09. The summed E-state index contributed by atoms with van der Waals surface area (Å²) in [5, 5.41) is 0. The first-order valence-corrected chi connectivity index (χ1v) is 6.60. The minimum Gasteiger partial charge on any atom is -0.374 e. The molecular formula is C18H17NO. The number of hydrogen-bond donors (Lipinski definition) is 0. The van der Waals surface area contributed by atoms with Crippen LogP contribution in [-0.4, -0.2) is 6.61 Å². The van der Waals surface area contributed by atoms with Gasteiger partial charge in [-0.25, -0.2) is 4.85 Å². The number of nitrogens with zero attached hydrogens (tertiary/aromatic N) is 1. The van der Waals surface area contributed by atoms with Crippen molar-refractivity contribution in [3.05, 3.63) is 95.0 Å². The van der Waals surface area contributed by atoms with Crippen LogP contribution in [0.4, 0.5) is 0 Å². The van der Waals surface area contributed by atoms with Gasteiger partial charge < -0.3 is 4.74 Å². The third kappa shape index (κ3) is 4.72. The largest absolute Gasteiger partial charge is 0.374 e. The Morgan fingerprint density at radius 2 is 1.55 bits per heavy atom. The fourth-order valence-corrected chi connectivity index (χ4v) is 1.87. The van der Waals surface area contributed by atoms with Crippen LogP contribution in [0, 0.1) is 6.57 Å². The normalized spacial score (nSPS) is 11.1. The third-order valence-electron chi connectivity index (χ3n) is 2.92. The van der Waals surface area contributed by atoms with Crippen LogP contribution in [0.1, 0.15) is 11.1 Å². The Balaban J connectivity index is 1.81. The van der Waals surface area contributed by atoms with E-state index in [2.05, 4.69) is 4.85 Å². The highest BCUT2D eigenvalue weighted by Gasteiger charge is 1.99. The van der Waals surface area contributed by atoms with Crippen molar-refractivity contribution >= 4 is 0 Å². The van der Waals surface area contributed by atoms with E-state index < -0.39 is 0 Å². The Morgan fingerprint density at radius 1 is 0.950 bits per heavy atom. The summed E-state index contributed by atoms with van der Waals surface area (Å²) in [4.78, 5) is 3.56. The van der Waals surface area contributed by atoms with Crippen molar-refractivity contribution in [2.75, 3.05) is 6.61 Å². The second kappa shape index (κ2) is 7.93. The van der Waals surface area contributed by atoms with Crippen molar-refractivity contribution in [3.8, 4) is 0 Å². The first-order chi connectivity index (χ1) is 9.88. The minimum absolute atomic E-state index is 0.472. The van der Waals surface area contributed by atoms with Gasteiger partial charge >= 0.3 is 0 Å². The maximum atomic E-state index is 7.21. The van der Waals surface area contributed by atoms with Crippen molar-refractivity contribution in [2.24, 2.45) is 0 Å². The van der Waals surface area contributed by atoms with E-state index in [-0.39, 0.29) is 0 Å². The first kappa shape index (κ1) is 14.0. The maximum absolute atomic E-state index is 7.21. The minimum atomic E-state index is 0.472. The molecule has 0 aromatic heterocycles. The van der Waals surface area contributed by atoms with Crippen molar-refractivity contribution in [2.45, 2.75) is 13.0 Å². The molecule has 0 unspecified atom stereocenters. The lowest BCUT2D eigenvalue weighted by Crippen LogP contribution is -1.94. The predicted octanol–water partition coefficient (Wildman–Crippen LogP) is 4.25. The van der Waals surface area contributed by atoms with Gasteiger partial charge in [-0.15, -0.1) is 0 Å². The van der Waals surface area contributed by atoms with Gasteiger partial charge in [0.15, 0.2) is 5.70 Å². The van der Waals surface area contributed by atoms with E-state index in [1.54, 1.807) is 0 Å². The molecule has 0 radical (unpaired) electrons. The molecule has 0 N–H and O–H groups in total. The summed E-state index contributed by atoms with van der Waals surface area (Å²) in [5.74, 6) is 0. The Morgan fingerprint density at radius 3 is 2.15 bits per heavy atom. The van der Waals surface area contributed by atoms with Crippen molar-refractivity contribution in [1.29, 1.82) is 0 Å². The molecule has 2 aromatic carbocycles. The van der Waals surface area contributed by atoms with E-state index in [1.807, 2.05) is 66.7 Å². The van der Waals surface area contributed by atoms with Crippen molar-refractivity contribution in [1.82, 2.24) is 0 Å². The third-order valence-corrected chi connectivity index (χ3v) is 2.92. The number of ether oxygens (including phenoxy) is 1. The highest BCUT2D eigenvalue weighted by molar-refractivity contribution is 5.24. The predicted molar refractivity (Wildman–Crippen MR) is 80.9 cm³/mol. The van der Waals surface area contributed by atoms with E-state index in [0.29, 0.717) is 19.6 Å². The molecule has 0 atom stereocenters. The lowest BCUT2D eigenvalue weighted by molar-refractivity contribution is 0.148. The van der Waals surface area contributed by atoms with Gasteiger partial charge in [-0.05, 0) is 5.56 Å². The summed E-state index contributed by atoms with van der Waals surface area (Å²) < 4.78 is 5.57. The van der Waals surface area contributed by atoms with E-state index in [0.717, 1.165) is 16.8 Å². The molecule has 2 rings (SSSR count). The van der Waals surface area contributed by atoms with Crippen LogP contribution in [0.3, 0.4) is 0 Å². The van der Waals surface area contributed by atoms with Gasteiger partial charge in [0.25, 0.3) is 0 Å². The summed E-state index contributed by atoms with van der Waals surface area (Å²) >= 11 is 0. The second-order valence-electron chi connectivity index (χ2n) is 4.47. The topological polar surface area (TPSA) is 13.6 Å². The molecule has 0 fully saturated rings. The molecule has 0 heterocycles. The Bertz CT molecular complexity index is 582. The molecule has 100 valence electrons. The van der Waals surface area contributed by atoms with E-state index >= 15 is 0 Å². The van der Waals surface area contributed by atoms with Crippen LogP contribution in [0.25, 0.3) is 4.85 Å². The molecule has 2 nitrogen and oxygen atoms in total. The molecule has 0 aliphatic heterocycles. The fourth-order valence-electron chi connectivity index (χ4n) is 1.87. The SMILES string of the molecule is [C-]#[N+]/C(=C\COCc1ccccc1)Cc1ccccc1. The smallest absolute Gasteiger partial charge is 0.168 e. The summed E-state index contributed by atoms with van der Waals surface area (Å²) in [6, 6.07) is 20.1. The van der Waals surface area contributed by atoms with Gasteiger partial charge in [0, 0.05) is 6.42 Å². The van der Waals surface area contributed by atoms with Gasteiger partial charge in [0.2, 0.25) is 0 Å². The van der Waals surface area contributed by atoms with Crippen LogP contribution in [-0.2, 0) is 17.8 Å². The van der Waals surface area contributed by atoms with Crippen LogP contribution in [0.2, 0.25) is 0 Å². The fraction of sp³-hybridized carbons (Fsp3) is 0.167. The molecule has 20 heavy (non-hydrogen) atoms. The zero-order chi connectivity index (χ0) is 14.0. The van der Waals surface area contributed by atoms with Gasteiger partial charge in [0.1, 0.15) is 0 Å². The lowest BCUT2D eigenvalue weighted by atomic mass is 10.1. The highest BCUT2D eigenvalue weighted by atomic mass is 16.5. The zero-order valence-electron chi connectivity index (χ0n) is 11.3. The van der Waals surface area contributed by atoms with Crippen LogP contribution < -0.4 is 0 Å². The molecule has 0 aliphatic carbocycles. The number of allylic oxidation sites excluding steroid dienone is 1. The molecule has 2 heteroatoms. The van der Waals surface area contributed by atoms with Gasteiger partial charge in [-0.3, -0.25) is 0 Å². The average Bonchev–Trinajstić information content (AvgIpc) is 2.52. The lowest BCUT2D eigenvalue weighted by Gasteiger charge is -2.02. The molecule has 2 aromatic rings. The van der Waals surface area contributed by atoms with E-state index in [4.69, 9.17) is 11.3 Å². The zero-order valence-corrected chi connectivity index (χ0v) is 11.3. The number of benzene rings is 2. The average molecular weight is 263 g/mol. The number of rotatable bonds is 6. The standard InChI is InChI=1S/C18H17NO/c1-19-18(14-16-8-4-2-5-9-16)12-13-20-15-17-10-6-3-7-11-17/h2-12H,13-15H2/b18-12-. The summed E-state index contributed by atoms with van der Waals surface area (Å²) in [5.41, 5.74) is 3.02. The molecule has 0 spiro atoms.